The number of aromatic nitrogens is 2. The summed E-state index contributed by atoms with van der Waals surface area (Å²) in [5.41, 5.74) is 8.41. The van der Waals surface area contributed by atoms with Gasteiger partial charge in [0.2, 0.25) is 0 Å². The first-order valence-electron chi connectivity index (χ1n) is 12.7. The summed E-state index contributed by atoms with van der Waals surface area (Å²) in [6, 6.07) is 9.02. The number of morpholine rings is 1. The summed E-state index contributed by atoms with van der Waals surface area (Å²) in [5.74, 6) is 3.00. The number of pyridine rings is 2. The van der Waals surface area contributed by atoms with Crippen LogP contribution in [-0.4, -0.2) is 79.9 Å². The van der Waals surface area contributed by atoms with Gasteiger partial charge in [-0.1, -0.05) is 6.07 Å². The molecule has 33 heavy (non-hydrogen) atoms. The van der Waals surface area contributed by atoms with Gasteiger partial charge in [0.05, 0.1) is 13.2 Å². The lowest BCUT2D eigenvalue weighted by atomic mass is 9.84. The van der Waals surface area contributed by atoms with Crippen molar-refractivity contribution in [2.24, 2.45) is 11.7 Å². The Labute approximate surface area is 197 Å². The molecule has 4 heterocycles. The third-order valence-corrected chi connectivity index (χ3v) is 7.57. The van der Waals surface area contributed by atoms with E-state index < -0.39 is 0 Å². The number of nitrogens with zero attached hydrogens (tertiary/aromatic N) is 5. The second-order valence-electron chi connectivity index (χ2n) is 9.81. The van der Waals surface area contributed by atoms with E-state index in [0.717, 1.165) is 75.6 Å². The molecular formula is C26H38N6O. The number of anilines is 2. The summed E-state index contributed by atoms with van der Waals surface area (Å²) in [6.45, 7) is 8.81. The van der Waals surface area contributed by atoms with Crippen molar-refractivity contribution in [2.75, 3.05) is 68.8 Å². The molecule has 0 amide bonds. The molecule has 0 spiro atoms. The first-order valence-corrected chi connectivity index (χ1v) is 12.7. The van der Waals surface area contributed by atoms with Crippen LogP contribution >= 0.6 is 0 Å². The molecule has 3 aliphatic rings. The minimum Gasteiger partial charge on any atom is -0.378 e. The van der Waals surface area contributed by atoms with Crippen LogP contribution in [-0.2, 0) is 4.74 Å². The fourth-order valence-electron chi connectivity index (χ4n) is 5.36. The van der Waals surface area contributed by atoms with Gasteiger partial charge in [0, 0.05) is 63.3 Å². The molecule has 0 atom stereocenters. The Bertz CT molecular complexity index is 872. The molecule has 2 aromatic heterocycles. The van der Waals surface area contributed by atoms with Crippen LogP contribution in [0.15, 0.2) is 36.7 Å². The average molecular weight is 451 g/mol. The quantitative estimate of drug-likeness (QED) is 0.725. The van der Waals surface area contributed by atoms with Gasteiger partial charge in [0.1, 0.15) is 11.6 Å². The standard InChI is InChI=1S/C26H38N6O/c27-24-5-3-21(4-6-24)7-9-30-10-12-31(13-11-30)25-18-23(22-2-1-8-28-20-22)19-26(29-25)32-14-16-33-17-15-32/h1-2,8,18-21,24H,3-7,9-17,27H2/t21-,24-. The molecule has 0 aromatic carbocycles. The maximum atomic E-state index is 6.08. The van der Waals surface area contributed by atoms with Gasteiger partial charge in [-0.15, -0.1) is 0 Å². The van der Waals surface area contributed by atoms with Gasteiger partial charge in [-0.3, -0.25) is 9.88 Å². The highest BCUT2D eigenvalue weighted by atomic mass is 16.5. The average Bonchev–Trinajstić information content (AvgIpc) is 2.89. The number of hydrogen-bond donors (Lipinski definition) is 1. The van der Waals surface area contributed by atoms with Crippen LogP contribution < -0.4 is 15.5 Å². The van der Waals surface area contributed by atoms with E-state index in [1.807, 2.05) is 18.5 Å². The van der Waals surface area contributed by atoms with Crippen molar-refractivity contribution in [3.8, 4) is 11.1 Å². The van der Waals surface area contributed by atoms with Gasteiger partial charge >= 0.3 is 0 Å². The van der Waals surface area contributed by atoms with Gasteiger partial charge in [0.15, 0.2) is 0 Å². The van der Waals surface area contributed by atoms with E-state index in [9.17, 15) is 0 Å². The van der Waals surface area contributed by atoms with Crippen molar-refractivity contribution < 1.29 is 4.74 Å². The fraction of sp³-hybridized carbons (Fsp3) is 0.615. The fourth-order valence-corrected chi connectivity index (χ4v) is 5.36. The van der Waals surface area contributed by atoms with Crippen molar-refractivity contribution in [3.05, 3.63) is 36.7 Å². The van der Waals surface area contributed by atoms with Crippen LogP contribution in [0.1, 0.15) is 32.1 Å². The third-order valence-electron chi connectivity index (χ3n) is 7.57. The van der Waals surface area contributed by atoms with Crippen LogP contribution in [0, 0.1) is 5.92 Å². The minimum atomic E-state index is 0.446. The second kappa shape index (κ2) is 10.8. The van der Waals surface area contributed by atoms with Crippen LogP contribution in [0.3, 0.4) is 0 Å². The monoisotopic (exact) mass is 450 g/mol. The van der Waals surface area contributed by atoms with Gasteiger partial charge in [-0.05, 0) is 68.3 Å². The predicted octanol–water partition coefficient (Wildman–Crippen LogP) is 3.01. The van der Waals surface area contributed by atoms with E-state index in [0.29, 0.717) is 6.04 Å². The zero-order valence-corrected chi connectivity index (χ0v) is 19.7. The van der Waals surface area contributed by atoms with Crippen LogP contribution in [0.25, 0.3) is 11.1 Å². The zero-order valence-electron chi connectivity index (χ0n) is 19.7. The topological polar surface area (TPSA) is 70.8 Å². The Morgan fingerprint density at radius 1 is 0.879 bits per heavy atom. The maximum absolute atomic E-state index is 6.08. The largest absolute Gasteiger partial charge is 0.378 e. The number of hydrogen-bond acceptors (Lipinski definition) is 7. The molecule has 2 saturated heterocycles. The Hall–Kier alpha value is -2.22. The molecule has 0 bridgehead atoms. The number of piperazine rings is 1. The zero-order chi connectivity index (χ0) is 22.5. The SMILES string of the molecule is N[C@H]1CC[C@H](CCN2CCN(c3cc(-c4cccnc4)cc(N4CCOCC4)n3)CC2)CC1. The number of ether oxygens (including phenoxy) is 1. The highest BCUT2D eigenvalue weighted by Crippen LogP contribution is 2.29. The predicted molar refractivity (Wildman–Crippen MR) is 134 cm³/mol. The van der Waals surface area contributed by atoms with Crippen LogP contribution in [0.4, 0.5) is 11.6 Å². The van der Waals surface area contributed by atoms with E-state index in [-0.39, 0.29) is 0 Å². The summed E-state index contributed by atoms with van der Waals surface area (Å²) >= 11 is 0. The molecular weight excluding hydrogens is 412 g/mol. The highest BCUT2D eigenvalue weighted by molar-refractivity contribution is 5.70. The summed E-state index contributed by atoms with van der Waals surface area (Å²) in [4.78, 5) is 16.9. The lowest BCUT2D eigenvalue weighted by Crippen LogP contribution is -2.47. The molecule has 5 rings (SSSR count). The molecule has 0 unspecified atom stereocenters. The lowest BCUT2D eigenvalue weighted by molar-refractivity contribution is 0.122. The molecule has 2 aliphatic heterocycles. The Balaban J connectivity index is 1.24. The van der Waals surface area contributed by atoms with Gasteiger partial charge in [-0.2, -0.15) is 0 Å². The summed E-state index contributed by atoms with van der Waals surface area (Å²) in [6.07, 6.45) is 10.1. The maximum Gasteiger partial charge on any atom is 0.131 e. The van der Waals surface area contributed by atoms with Crippen LogP contribution in [0.2, 0.25) is 0 Å². The third kappa shape index (κ3) is 5.83. The van der Waals surface area contributed by atoms with Crippen molar-refractivity contribution in [2.45, 2.75) is 38.1 Å². The van der Waals surface area contributed by atoms with E-state index >= 15 is 0 Å². The first kappa shape index (κ1) is 22.6. The number of nitrogens with two attached hydrogens (primary N) is 1. The van der Waals surface area contributed by atoms with E-state index in [1.165, 1.54) is 44.2 Å². The molecule has 0 radical (unpaired) electrons. The molecule has 3 fully saturated rings. The van der Waals surface area contributed by atoms with E-state index in [1.54, 1.807) is 0 Å². The highest BCUT2D eigenvalue weighted by Gasteiger charge is 2.23. The van der Waals surface area contributed by atoms with Crippen molar-refractivity contribution in [1.82, 2.24) is 14.9 Å². The molecule has 1 aliphatic carbocycles. The summed E-state index contributed by atoms with van der Waals surface area (Å²) in [5, 5.41) is 0. The van der Waals surface area contributed by atoms with Crippen molar-refractivity contribution in [3.63, 3.8) is 0 Å². The molecule has 1 saturated carbocycles. The van der Waals surface area contributed by atoms with E-state index in [4.69, 9.17) is 15.5 Å². The van der Waals surface area contributed by atoms with Gasteiger partial charge in [0.25, 0.3) is 0 Å². The number of rotatable bonds is 6. The van der Waals surface area contributed by atoms with Crippen molar-refractivity contribution >= 4 is 11.6 Å². The van der Waals surface area contributed by atoms with Gasteiger partial charge in [-0.25, -0.2) is 4.98 Å². The Morgan fingerprint density at radius 2 is 1.58 bits per heavy atom. The molecule has 178 valence electrons. The summed E-state index contributed by atoms with van der Waals surface area (Å²) in [7, 11) is 0. The molecule has 7 nitrogen and oxygen atoms in total. The second-order valence-corrected chi connectivity index (χ2v) is 9.81. The molecule has 2 aromatic rings. The van der Waals surface area contributed by atoms with Gasteiger partial charge < -0.3 is 20.3 Å². The van der Waals surface area contributed by atoms with Crippen LogP contribution in [0.5, 0.6) is 0 Å². The van der Waals surface area contributed by atoms with E-state index in [2.05, 4.69) is 37.9 Å². The normalized spacial score (nSPS) is 24.8. The lowest BCUT2D eigenvalue weighted by Gasteiger charge is -2.37. The Kier molecular flexibility index (Phi) is 7.39. The summed E-state index contributed by atoms with van der Waals surface area (Å²) < 4.78 is 5.56. The minimum absolute atomic E-state index is 0.446. The van der Waals surface area contributed by atoms with Crippen molar-refractivity contribution in [1.29, 1.82) is 0 Å². The first-order chi connectivity index (χ1) is 16.2. The Morgan fingerprint density at radius 3 is 2.24 bits per heavy atom. The molecule has 2 N–H and O–H groups in total. The molecule has 7 heteroatoms. The smallest absolute Gasteiger partial charge is 0.131 e.